The van der Waals surface area contributed by atoms with E-state index in [4.69, 9.17) is 21.3 Å². The molecule has 4 heterocycles. The summed E-state index contributed by atoms with van der Waals surface area (Å²) in [6.07, 6.45) is 1.86. The van der Waals surface area contributed by atoms with E-state index in [1.165, 1.54) is 0 Å². The van der Waals surface area contributed by atoms with Crippen LogP contribution in [0.3, 0.4) is 0 Å². The van der Waals surface area contributed by atoms with Crippen molar-refractivity contribution in [2.75, 3.05) is 31.2 Å². The maximum atomic E-state index is 12.2. The predicted octanol–water partition coefficient (Wildman–Crippen LogP) is 2.61. The number of anilines is 1. The zero-order valence-electron chi connectivity index (χ0n) is 16.7. The van der Waals surface area contributed by atoms with E-state index in [1.54, 1.807) is 6.07 Å². The van der Waals surface area contributed by atoms with E-state index in [9.17, 15) is 8.42 Å². The maximum Gasteiger partial charge on any atom is 0.219 e. The average molecular weight is 489 g/mol. The molecular formula is C20H17ClN6O3S2. The van der Waals surface area contributed by atoms with Crippen LogP contribution in [-0.4, -0.2) is 63.9 Å². The smallest absolute Gasteiger partial charge is 0.219 e. The molecular weight excluding hydrogens is 472 g/mol. The third-order valence-electron chi connectivity index (χ3n) is 5.11. The summed E-state index contributed by atoms with van der Waals surface area (Å²) in [5, 5.41) is 1.02. The van der Waals surface area contributed by atoms with Crippen LogP contribution < -0.4 is 4.90 Å². The molecule has 1 aliphatic rings. The molecule has 0 unspecified atom stereocenters. The molecule has 164 valence electrons. The predicted molar refractivity (Wildman–Crippen MR) is 124 cm³/mol. The van der Waals surface area contributed by atoms with Crippen LogP contribution in [0.2, 0.25) is 4.47 Å². The lowest BCUT2D eigenvalue weighted by Gasteiger charge is -2.28. The van der Waals surface area contributed by atoms with Crippen molar-refractivity contribution in [3.8, 4) is 11.4 Å². The van der Waals surface area contributed by atoms with Crippen molar-refractivity contribution in [3.05, 3.63) is 52.5 Å². The number of aromatic amines is 1. The molecule has 5 rings (SSSR count). The third kappa shape index (κ3) is 4.37. The number of nitrogens with one attached hydrogen (secondary N) is 1. The molecule has 0 aliphatic carbocycles. The molecule has 9 nitrogen and oxygen atoms in total. The largest absolute Gasteiger partial charge is 0.378 e. The van der Waals surface area contributed by atoms with Gasteiger partial charge in [0, 0.05) is 41.8 Å². The fourth-order valence-electron chi connectivity index (χ4n) is 3.54. The van der Waals surface area contributed by atoms with Crippen molar-refractivity contribution in [2.24, 2.45) is 0 Å². The quantitative estimate of drug-likeness (QED) is 0.337. The van der Waals surface area contributed by atoms with E-state index < -0.39 is 10.3 Å². The molecule has 0 saturated carbocycles. The summed E-state index contributed by atoms with van der Waals surface area (Å²) in [4.78, 5) is 18.8. The van der Waals surface area contributed by atoms with Gasteiger partial charge in [0.15, 0.2) is 5.82 Å². The first-order valence-corrected chi connectivity index (χ1v) is 12.0. The first-order valence-electron chi connectivity index (χ1n) is 9.79. The highest BCUT2D eigenvalue weighted by Crippen LogP contribution is 2.25. The highest BCUT2D eigenvalue weighted by atomic mass is 35.5. The number of H-pyrrole nitrogens is 1. The fourth-order valence-corrected chi connectivity index (χ4v) is 4.69. The number of benzene rings is 1. The third-order valence-corrected chi connectivity index (χ3v) is 6.70. The van der Waals surface area contributed by atoms with E-state index in [0.29, 0.717) is 49.5 Å². The second-order valence-corrected chi connectivity index (χ2v) is 9.41. The van der Waals surface area contributed by atoms with Gasteiger partial charge in [-0.3, -0.25) is 0 Å². The second-order valence-electron chi connectivity index (χ2n) is 7.11. The zero-order valence-corrected chi connectivity index (χ0v) is 19.0. The van der Waals surface area contributed by atoms with Crippen LogP contribution in [0.4, 0.5) is 5.82 Å². The number of rotatable bonds is 5. The maximum absolute atomic E-state index is 12.2. The Morgan fingerprint density at radius 2 is 2.00 bits per heavy atom. The van der Waals surface area contributed by atoms with Crippen molar-refractivity contribution >= 4 is 55.0 Å². The normalized spacial score (nSPS) is 14.1. The lowest BCUT2D eigenvalue weighted by atomic mass is 10.1. The van der Waals surface area contributed by atoms with Gasteiger partial charge in [-0.05, 0) is 47.4 Å². The summed E-state index contributed by atoms with van der Waals surface area (Å²) in [5.74, 6) is 1.43. The number of hydrogen-bond donors (Lipinski definition) is 1. The number of morpholine rings is 1. The molecule has 0 radical (unpaired) electrons. The number of ether oxygens (including phenoxy) is 1. The van der Waals surface area contributed by atoms with Crippen molar-refractivity contribution in [3.63, 3.8) is 0 Å². The number of halogens is 1. The molecule has 32 heavy (non-hydrogen) atoms. The Morgan fingerprint density at radius 3 is 2.75 bits per heavy atom. The number of fused-ring (bicyclic) bond motifs is 1. The lowest BCUT2D eigenvalue weighted by molar-refractivity contribution is 0.122. The van der Waals surface area contributed by atoms with Crippen molar-refractivity contribution in [2.45, 2.75) is 6.42 Å². The van der Waals surface area contributed by atoms with E-state index in [2.05, 4.69) is 24.2 Å². The molecule has 1 aromatic carbocycles. The SMILES string of the molecule is O=S(=O)=C(Cc1nsc(Cl)n1)c1cc(N2CCOCC2)nc(-c2ccc3[nH]ccc3c2)n1. The molecule has 1 aliphatic heterocycles. The minimum atomic E-state index is -2.53. The first kappa shape index (κ1) is 21.0. The van der Waals surface area contributed by atoms with Crippen LogP contribution in [-0.2, 0) is 21.5 Å². The van der Waals surface area contributed by atoms with E-state index in [-0.39, 0.29) is 15.8 Å². The summed E-state index contributed by atoms with van der Waals surface area (Å²) >= 11 is 6.89. The van der Waals surface area contributed by atoms with Crippen molar-refractivity contribution in [1.82, 2.24) is 24.3 Å². The van der Waals surface area contributed by atoms with Crippen LogP contribution in [0, 0.1) is 0 Å². The minimum Gasteiger partial charge on any atom is -0.378 e. The highest BCUT2D eigenvalue weighted by molar-refractivity contribution is 7.73. The van der Waals surface area contributed by atoms with Gasteiger partial charge < -0.3 is 14.6 Å². The summed E-state index contributed by atoms with van der Waals surface area (Å²) < 4.78 is 34.2. The van der Waals surface area contributed by atoms with Gasteiger partial charge in [-0.25, -0.2) is 15.0 Å². The summed E-state index contributed by atoms with van der Waals surface area (Å²) in [5.41, 5.74) is 2.10. The molecule has 0 amide bonds. The average Bonchev–Trinajstić information content (AvgIpc) is 3.45. The van der Waals surface area contributed by atoms with Gasteiger partial charge >= 0.3 is 0 Å². The minimum absolute atomic E-state index is 0.00478. The van der Waals surface area contributed by atoms with E-state index in [0.717, 1.165) is 28.0 Å². The van der Waals surface area contributed by atoms with Gasteiger partial charge in [0.2, 0.25) is 14.8 Å². The molecule has 1 N–H and O–H groups in total. The van der Waals surface area contributed by atoms with Crippen LogP contribution >= 0.6 is 23.1 Å². The molecule has 0 bridgehead atoms. The second kappa shape index (κ2) is 8.94. The molecule has 0 spiro atoms. The Labute approximate surface area is 193 Å². The van der Waals surface area contributed by atoms with Crippen LogP contribution in [0.5, 0.6) is 0 Å². The number of aromatic nitrogens is 5. The van der Waals surface area contributed by atoms with E-state index >= 15 is 0 Å². The van der Waals surface area contributed by atoms with Crippen molar-refractivity contribution in [1.29, 1.82) is 0 Å². The van der Waals surface area contributed by atoms with Gasteiger partial charge in [-0.15, -0.1) is 0 Å². The summed E-state index contributed by atoms with van der Waals surface area (Å²) in [7, 11) is -2.53. The number of hydrogen-bond acceptors (Lipinski definition) is 9. The number of nitrogens with zero attached hydrogens (tertiary/aromatic N) is 5. The molecule has 4 aromatic rings. The molecule has 12 heteroatoms. The monoisotopic (exact) mass is 488 g/mol. The fraction of sp³-hybridized carbons (Fsp3) is 0.250. The summed E-state index contributed by atoms with van der Waals surface area (Å²) in [6, 6.07) is 9.50. The molecule has 3 aromatic heterocycles. The molecule has 1 fully saturated rings. The van der Waals surface area contributed by atoms with Crippen LogP contribution in [0.25, 0.3) is 22.3 Å². The Bertz CT molecular complexity index is 1420. The Morgan fingerprint density at radius 1 is 1.16 bits per heavy atom. The Kier molecular flexibility index (Phi) is 5.87. The molecule has 1 saturated heterocycles. The van der Waals surface area contributed by atoms with E-state index in [1.807, 2.05) is 30.5 Å². The van der Waals surface area contributed by atoms with Gasteiger partial charge in [-0.1, -0.05) is 0 Å². The Hall–Kier alpha value is -2.86. The van der Waals surface area contributed by atoms with Crippen LogP contribution in [0.15, 0.2) is 36.5 Å². The Balaban J connectivity index is 1.63. The van der Waals surface area contributed by atoms with Crippen LogP contribution in [0.1, 0.15) is 11.5 Å². The topological polar surface area (TPSA) is 114 Å². The summed E-state index contributed by atoms with van der Waals surface area (Å²) in [6.45, 7) is 2.47. The van der Waals surface area contributed by atoms with Gasteiger partial charge in [0.05, 0.1) is 25.3 Å². The van der Waals surface area contributed by atoms with Crippen molar-refractivity contribution < 1.29 is 13.2 Å². The standard InChI is InChI=1S/C20H17ClN6O3S2/c21-20-24-17(26-31-20)11-16(32(28)29)15-10-18(27-5-7-30-8-6-27)25-19(23-15)13-1-2-14-12(9-13)3-4-22-14/h1-4,9-10,22H,5-8,11H2. The lowest BCUT2D eigenvalue weighted by Crippen LogP contribution is -2.37. The van der Waals surface area contributed by atoms with Gasteiger partial charge in [0.25, 0.3) is 0 Å². The highest BCUT2D eigenvalue weighted by Gasteiger charge is 2.20. The molecule has 0 atom stereocenters. The van der Waals surface area contributed by atoms with Gasteiger partial charge in [-0.2, -0.15) is 12.8 Å². The first-order chi connectivity index (χ1) is 15.6. The van der Waals surface area contributed by atoms with Gasteiger partial charge in [0.1, 0.15) is 16.5 Å². The zero-order chi connectivity index (χ0) is 22.1.